The van der Waals surface area contributed by atoms with Crippen molar-refractivity contribution >= 4 is 22.6 Å². The molecule has 3 heteroatoms. The van der Waals surface area contributed by atoms with Crippen LogP contribution in [0.1, 0.15) is 31.7 Å². The van der Waals surface area contributed by atoms with Crippen LogP contribution >= 0.6 is 22.6 Å². The van der Waals surface area contributed by atoms with Gasteiger partial charge in [-0.15, -0.1) is 0 Å². The lowest BCUT2D eigenvalue weighted by Gasteiger charge is -2.25. The maximum absolute atomic E-state index is 9.51. The van der Waals surface area contributed by atoms with Crippen LogP contribution in [0.15, 0.2) is 24.3 Å². The summed E-state index contributed by atoms with van der Waals surface area (Å²) in [6.07, 6.45) is 3.22. The van der Waals surface area contributed by atoms with Crippen LogP contribution in [0, 0.1) is 3.57 Å². The Hall–Kier alpha value is -0.130. The van der Waals surface area contributed by atoms with E-state index in [1.165, 1.54) is 28.5 Å². The average Bonchev–Trinajstić information content (AvgIpc) is 2.68. The van der Waals surface area contributed by atoms with E-state index < -0.39 is 0 Å². The predicted octanol–water partition coefficient (Wildman–Crippen LogP) is 3.03. The topological polar surface area (TPSA) is 23.5 Å². The van der Waals surface area contributed by atoms with Crippen molar-refractivity contribution in [2.45, 2.75) is 44.9 Å². The summed E-state index contributed by atoms with van der Waals surface area (Å²) in [7, 11) is 0. The fourth-order valence-corrected chi connectivity index (χ4v) is 2.95. The number of aliphatic hydroxyl groups excluding tert-OH is 1. The molecule has 0 aliphatic carbocycles. The summed E-state index contributed by atoms with van der Waals surface area (Å²) < 4.78 is 1.29. The highest BCUT2D eigenvalue weighted by molar-refractivity contribution is 14.1. The molecule has 94 valence electrons. The minimum absolute atomic E-state index is 0.183. The molecule has 0 bridgehead atoms. The molecule has 0 saturated carbocycles. The Morgan fingerprint density at radius 3 is 2.76 bits per heavy atom. The molecule has 1 saturated heterocycles. The first-order chi connectivity index (χ1) is 8.15. The summed E-state index contributed by atoms with van der Waals surface area (Å²) in [6.45, 7) is 4.08. The first kappa shape index (κ1) is 13.3. The Morgan fingerprint density at radius 1 is 1.41 bits per heavy atom. The predicted molar refractivity (Wildman–Crippen MR) is 78.9 cm³/mol. The molecular weight excluding hydrogens is 325 g/mol. The Bertz CT molecular complexity index is 350. The van der Waals surface area contributed by atoms with E-state index in [1.807, 2.05) is 6.92 Å². The van der Waals surface area contributed by atoms with Crippen LogP contribution < -0.4 is 0 Å². The van der Waals surface area contributed by atoms with Gasteiger partial charge >= 0.3 is 0 Å². The standard InChI is InChI=1S/C14H20INO/c1-11(17)9-14-3-2-8-16(14)10-12-4-6-13(15)7-5-12/h4-7,11,14,17H,2-3,8-10H2,1H3. The van der Waals surface area contributed by atoms with Gasteiger partial charge in [0.1, 0.15) is 0 Å². The molecule has 1 aliphatic heterocycles. The molecule has 1 heterocycles. The number of rotatable bonds is 4. The molecule has 2 unspecified atom stereocenters. The van der Waals surface area contributed by atoms with E-state index in [0.29, 0.717) is 6.04 Å². The molecule has 1 aromatic carbocycles. The number of benzene rings is 1. The zero-order valence-corrected chi connectivity index (χ0v) is 12.4. The Labute approximate surface area is 117 Å². The van der Waals surface area contributed by atoms with Crippen molar-refractivity contribution in [3.63, 3.8) is 0 Å². The van der Waals surface area contributed by atoms with Gasteiger partial charge in [-0.05, 0) is 73.0 Å². The van der Waals surface area contributed by atoms with Crippen LogP contribution in [0.5, 0.6) is 0 Å². The van der Waals surface area contributed by atoms with Crippen molar-refractivity contribution < 1.29 is 5.11 Å². The van der Waals surface area contributed by atoms with E-state index in [0.717, 1.165) is 13.0 Å². The van der Waals surface area contributed by atoms with Gasteiger partial charge in [-0.1, -0.05) is 12.1 Å². The molecule has 1 N–H and O–H groups in total. The first-order valence-electron chi connectivity index (χ1n) is 6.31. The van der Waals surface area contributed by atoms with Crippen LogP contribution in [0.3, 0.4) is 0 Å². The number of likely N-dealkylation sites (tertiary alicyclic amines) is 1. The highest BCUT2D eigenvalue weighted by Crippen LogP contribution is 2.23. The van der Waals surface area contributed by atoms with Crippen molar-refractivity contribution in [1.29, 1.82) is 0 Å². The number of aliphatic hydroxyl groups is 1. The number of hydrogen-bond acceptors (Lipinski definition) is 2. The highest BCUT2D eigenvalue weighted by Gasteiger charge is 2.25. The molecule has 17 heavy (non-hydrogen) atoms. The molecule has 0 radical (unpaired) electrons. The summed E-state index contributed by atoms with van der Waals surface area (Å²) >= 11 is 2.33. The Kier molecular flexibility index (Phi) is 4.82. The van der Waals surface area contributed by atoms with E-state index >= 15 is 0 Å². The minimum Gasteiger partial charge on any atom is -0.393 e. The lowest BCUT2D eigenvalue weighted by molar-refractivity contribution is 0.131. The maximum Gasteiger partial charge on any atom is 0.0527 e. The second kappa shape index (κ2) is 6.16. The summed E-state index contributed by atoms with van der Waals surface area (Å²) in [5.41, 5.74) is 1.38. The smallest absolute Gasteiger partial charge is 0.0527 e. The fraction of sp³-hybridized carbons (Fsp3) is 0.571. The Morgan fingerprint density at radius 2 is 2.12 bits per heavy atom. The van der Waals surface area contributed by atoms with Crippen LogP contribution in [0.4, 0.5) is 0 Å². The van der Waals surface area contributed by atoms with Crippen molar-refractivity contribution in [2.24, 2.45) is 0 Å². The molecule has 0 aromatic heterocycles. The molecule has 2 nitrogen and oxygen atoms in total. The SMILES string of the molecule is CC(O)CC1CCCN1Cc1ccc(I)cc1. The summed E-state index contributed by atoms with van der Waals surface area (Å²) in [5.74, 6) is 0. The summed E-state index contributed by atoms with van der Waals surface area (Å²) in [6, 6.07) is 9.30. The molecular formula is C14H20INO. The average molecular weight is 345 g/mol. The summed E-state index contributed by atoms with van der Waals surface area (Å²) in [4.78, 5) is 2.51. The zero-order valence-electron chi connectivity index (χ0n) is 10.3. The highest BCUT2D eigenvalue weighted by atomic mass is 127. The molecule has 1 aromatic rings. The second-order valence-corrected chi connectivity index (χ2v) is 6.22. The molecule has 0 spiro atoms. The van der Waals surface area contributed by atoms with Gasteiger partial charge in [-0.3, -0.25) is 4.90 Å². The van der Waals surface area contributed by atoms with Gasteiger partial charge in [-0.2, -0.15) is 0 Å². The third kappa shape index (κ3) is 3.93. The first-order valence-corrected chi connectivity index (χ1v) is 7.39. The third-order valence-corrected chi connectivity index (χ3v) is 4.13. The lowest BCUT2D eigenvalue weighted by Crippen LogP contribution is -2.31. The van der Waals surface area contributed by atoms with Gasteiger partial charge in [-0.25, -0.2) is 0 Å². The normalized spacial score (nSPS) is 22.9. The molecule has 2 atom stereocenters. The van der Waals surface area contributed by atoms with Crippen molar-refractivity contribution in [3.05, 3.63) is 33.4 Å². The van der Waals surface area contributed by atoms with Crippen LogP contribution in [0.25, 0.3) is 0 Å². The van der Waals surface area contributed by atoms with Crippen LogP contribution in [-0.2, 0) is 6.54 Å². The van der Waals surface area contributed by atoms with Gasteiger partial charge in [0.15, 0.2) is 0 Å². The van der Waals surface area contributed by atoms with E-state index in [2.05, 4.69) is 51.8 Å². The van der Waals surface area contributed by atoms with Crippen LogP contribution in [0.2, 0.25) is 0 Å². The Balaban J connectivity index is 1.95. The van der Waals surface area contributed by atoms with E-state index in [9.17, 15) is 5.11 Å². The fourth-order valence-electron chi connectivity index (χ4n) is 2.59. The van der Waals surface area contributed by atoms with E-state index in [1.54, 1.807) is 0 Å². The van der Waals surface area contributed by atoms with Crippen molar-refractivity contribution in [3.8, 4) is 0 Å². The quantitative estimate of drug-likeness (QED) is 0.848. The minimum atomic E-state index is -0.183. The van der Waals surface area contributed by atoms with Crippen LogP contribution in [-0.4, -0.2) is 28.7 Å². The van der Waals surface area contributed by atoms with Gasteiger partial charge in [0.2, 0.25) is 0 Å². The monoisotopic (exact) mass is 345 g/mol. The zero-order chi connectivity index (χ0) is 12.3. The van der Waals surface area contributed by atoms with Crippen molar-refractivity contribution in [2.75, 3.05) is 6.54 Å². The molecule has 0 amide bonds. The second-order valence-electron chi connectivity index (χ2n) is 4.98. The third-order valence-electron chi connectivity index (χ3n) is 3.41. The largest absolute Gasteiger partial charge is 0.393 e. The molecule has 2 rings (SSSR count). The number of hydrogen-bond donors (Lipinski definition) is 1. The lowest BCUT2D eigenvalue weighted by atomic mass is 10.1. The van der Waals surface area contributed by atoms with Gasteiger partial charge in [0, 0.05) is 16.2 Å². The van der Waals surface area contributed by atoms with Gasteiger partial charge in [0.25, 0.3) is 0 Å². The molecule has 1 fully saturated rings. The number of nitrogens with zero attached hydrogens (tertiary/aromatic N) is 1. The maximum atomic E-state index is 9.51. The number of halogens is 1. The van der Waals surface area contributed by atoms with Crippen molar-refractivity contribution in [1.82, 2.24) is 4.90 Å². The van der Waals surface area contributed by atoms with Gasteiger partial charge < -0.3 is 5.11 Å². The summed E-state index contributed by atoms with van der Waals surface area (Å²) in [5, 5.41) is 9.51. The molecule has 1 aliphatic rings. The van der Waals surface area contributed by atoms with E-state index in [4.69, 9.17) is 0 Å². The van der Waals surface area contributed by atoms with E-state index in [-0.39, 0.29) is 6.10 Å². The van der Waals surface area contributed by atoms with Gasteiger partial charge in [0.05, 0.1) is 6.10 Å².